The molecule has 1 aliphatic rings. The van der Waals surface area contributed by atoms with Crippen LogP contribution in [0.1, 0.15) is 45.3 Å². The van der Waals surface area contributed by atoms with Gasteiger partial charge in [-0.3, -0.25) is 4.79 Å². The minimum atomic E-state index is -0.741. The smallest absolute Gasteiger partial charge is 0.227 e. The van der Waals surface area contributed by atoms with E-state index < -0.39 is 6.10 Å². The van der Waals surface area contributed by atoms with E-state index in [2.05, 4.69) is 10.6 Å². The summed E-state index contributed by atoms with van der Waals surface area (Å²) >= 11 is 0. The first-order valence-electron chi connectivity index (χ1n) is 8.34. The van der Waals surface area contributed by atoms with E-state index >= 15 is 0 Å². The van der Waals surface area contributed by atoms with E-state index in [0.717, 1.165) is 30.7 Å². The number of hydrogen-bond donors (Lipinski definition) is 3. The molecule has 0 saturated carbocycles. The normalized spacial score (nSPS) is 22.7. The summed E-state index contributed by atoms with van der Waals surface area (Å²) in [5.41, 5.74) is 0.357. The topological polar surface area (TPSA) is 70.6 Å². The van der Waals surface area contributed by atoms with Crippen molar-refractivity contribution in [3.63, 3.8) is 0 Å². The molecular weight excluding hydrogens is 292 g/mol. The largest absolute Gasteiger partial charge is 0.491 e. The maximum Gasteiger partial charge on any atom is 0.227 e. The van der Waals surface area contributed by atoms with Crippen LogP contribution in [-0.4, -0.2) is 36.8 Å². The van der Waals surface area contributed by atoms with Crippen molar-refractivity contribution in [2.45, 2.75) is 45.8 Å². The molecule has 1 amide bonds. The van der Waals surface area contributed by atoms with Gasteiger partial charge in [-0.25, -0.2) is 0 Å². The molecule has 5 nitrogen and oxygen atoms in total. The number of benzene rings is 1. The lowest BCUT2D eigenvalue weighted by Gasteiger charge is -2.33. The lowest BCUT2D eigenvalue weighted by molar-refractivity contribution is -0.131. The molecule has 0 aliphatic carbocycles. The van der Waals surface area contributed by atoms with Gasteiger partial charge in [-0.1, -0.05) is 12.1 Å². The third-order valence-corrected chi connectivity index (χ3v) is 4.22. The number of amides is 1. The lowest BCUT2D eigenvalue weighted by Crippen LogP contribution is -2.49. The fourth-order valence-electron chi connectivity index (χ4n) is 2.84. The predicted molar refractivity (Wildman–Crippen MR) is 90.4 cm³/mol. The first-order valence-corrected chi connectivity index (χ1v) is 8.34. The predicted octanol–water partition coefficient (Wildman–Crippen LogP) is 2.01. The van der Waals surface area contributed by atoms with Crippen LogP contribution >= 0.6 is 0 Å². The Labute approximate surface area is 138 Å². The molecule has 23 heavy (non-hydrogen) atoms. The third-order valence-electron chi connectivity index (χ3n) is 4.22. The van der Waals surface area contributed by atoms with Crippen molar-refractivity contribution < 1.29 is 14.6 Å². The van der Waals surface area contributed by atoms with Gasteiger partial charge < -0.3 is 20.5 Å². The molecule has 1 aliphatic heterocycles. The van der Waals surface area contributed by atoms with Crippen molar-refractivity contribution in [2.24, 2.45) is 5.41 Å². The molecule has 128 valence electrons. The van der Waals surface area contributed by atoms with Crippen LogP contribution in [0.3, 0.4) is 0 Å². The number of rotatable bonds is 6. The standard InChI is InChI=1S/C18H28N2O3/c1-13(2)23-15-7-4-6-14(10-15)16(21)11-20-17(22)18(3)8-5-9-19-12-18/h4,6-7,10,13,16,19,21H,5,8-9,11-12H2,1-3H3,(H,20,22). The summed E-state index contributed by atoms with van der Waals surface area (Å²) in [6.45, 7) is 7.75. The molecule has 2 atom stereocenters. The number of aliphatic hydroxyl groups excluding tert-OH is 1. The summed E-state index contributed by atoms with van der Waals surface area (Å²) in [6, 6.07) is 7.38. The second-order valence-electron chi connectivity index (χ2n) is 6.81. The van der Waals surface area contributed by atoms with Crippen LogP contribution in [0.2, 0.25) is 0 Å². The van der Waals surface area contributed by atoms with Crippen LogP contribution in [-0.2, 0) is 4.79 Å². The Morgan fingerprint density at radius 2 is 2.26 bits per heavy atom. The Balaban J connectivity index is 1.91. The maximum atomic E-state index is 12.4. The molecular formula is C18H28N2O3. The van der Waals surface area contributed by atoms with E-state index in [-0.39, 0.29) is 24.0 Å². The molecule has 3 N–H and O–H groups in total. The minimum Gasteiger partial charge on any atom is -0.491 e. The quantitative estimate of drug-likeness (QED) is 0.750. The number of ether oxygens (including phenoxy) is 1. The van der Waals surface area contributed by atoms with Gasteiger partial charge in [0.15, 0.2) is 0 Å². The SMILES string of the molecule is CC(C)Oc1cccc(C(O)CNC(=O)C2(C)CCCNC2)c1. The summed E-state index contributed by atoms with van der Waals surface area (Å²) < 4.78 is 5.64. The molecule has 0 spiro atoms. The highest BCUT2D eigenvalue weighted by Gasteiger charge is 2.34. The zero-order chi connectivity index (χ0) is 16.9. The fraction of sp³-hybridized carbons (Fsp3) is 0.611. The number of carbonyl (C=O) groups is 1. The second kappa shape index (κ2) is 7.79. The summed E-state index contributed by atoms with van der Waals surface area (Å²) in [5.74, 6) is 0.727. The molecule has 1 fully saturated rings. The Morgan fingerprint density at radius 3 is 2.91 bits per heavy atom. The highest BCUT2D eigenvalue weighted by atomic mass is 16.5. The number of piperidine rings is 1. The van der Waals surface area contributed by atoms with E-state index in [1.807, 2.05) is 45.0 Å². The van der Waals surface area contributed by atoms with Gasteiger partial charge in [-0.2, -0.15) is 0 Å². The number of aliphatic hydroxyl groups is 1. The number of hydrogen-bond acceptors (Lipinski definition) is 4. The number of nitrogens with one attached hydrogen (secondary N) is 2. The molecule has 0 bridgehead atoms. The van der Waals surface area contributed by atoms with Crippen molar-refractivity contribution in [2.75, 3.05) is 19.6 Å². The molecule has 2 unspecified atom stereocenters. The number of carbonyl (C=O) groups excluding carboxylic acids is 1. The average molecular weight is 320 g/mol. The summed E-state index contributed by atoms with van der Waals surface area (Å²) in [5, 5.41) is 16.5. The molecule has 5 heteroatoms. The zero-order valence-electron chi connectivity index (χ0n) is 14.3. The second-order valence-corrected chi connectivity index (χ2v) is 6.81. The van der Waals surface area contributed by atoms with Crippen LogP contribution < -0.4 is 15.4 Å². The van der Waals surface area contributed by atoms with Crippen LogP contribution in [0.4, 0.5) is 0 Å². The summed E-state index contributed by atoms with van der Waals surface area (Å²) in [4.78, 5) is 12.4. The first-order chi connectivity index (χ1) is 10.9. The molecule has 2 rings (SSSR count). The van der Waals surface area contributed by atoms with Crippen molar-refractivity contribution in [3.05, 3.63) is 29.8 Å². The van der Waals surface area contributed by atoms with Gasteiger partial charge in [0, 0.05) is 13.1 Å². The summed E-state index contributed by atoms with van der Waals surface area (Å²) in [6.07, 6.45) is 1.22. The Bertz CT molecular complexity index is 525. The Morgan fingerprint density at radius 1 is 1.48 bits per heavy atom. The third kappa shape index (κ3) is 4.94. The van der Waals surface area contributed by atoms with Crippen molar-refractivity contribution in [1.82, 2.24) is 10.6 Å². The molecule has 1 aromatic carbocycles. The molecule has 1 heterocycles. The van der Waals surface area contributed by atoms with E-state index in [1.165, 1.54) is 0 Å². The Hall–Kier alpha value is -1.59. The van der Waals surface area contributed by atoms with Crippen molar-refractivity contribution in [1.29, 1.82) is 0 Å². The van der Waals surface area contributed by atoms with Gasteiger partial charge in [0.1, 0.15) is 5.75 Å². The maximum absolute atomic E-state index is 12.4. The molecule has 1 saturated heterocycles. The lowest BCUT2D eigenvalue weighted by atomic mass is 9.82. The van der Waals surface area contributed by atoms with E-state index in [9.17, 15) is 9.90 Å². The van der Waals surface area contributed by atoms with Gasteiger partial charge in [0.25, 0.3) is 0 Å². The van der Waals surface area contributed by atoms with E-state index in [1.54, 1.807) is 0 Å². The van der Waals surface area contributed by atoms with E-state index in [0.29, 0.717) is 6.54 Å². The van der Waals surface area contributed by atoms with Crippen LogP contribution in [0.5, 0.6) is 5.75 Å². The highest BCUT2D eigenvalue weighted by molar-refractivity contribution is 5.82. The monoisotopic (exact) mass is 320 g/mol. The average Bonchev–Trinajstić information content (AvgIpc) is 2.52. The molecule has 1 aromatic rings. The van der Waals surface area contributed by atoms with Gasteiger partial charge >= 0.3 is 0 Å². The fourth-order valence-corrected chi connectivity index (χ4v) is 2.84. The van der Waals surface area contributed by atoms with Gasteiger partial charge in [0.05, 0.1) is 17.6 Å². The van der Waals surface area contributed by atoms with Crippen molar-refractivity contribution >= 4 is 5.91 Å². The highest BCUT2D eigenvalue weighted by Crippen LogP contribution is 2.26. The van der Waals surface area contributed by atoms with Crippen LogP contribution in [0.15, 0.2) is 24.3 Å². The minimum absolute atomic E-state index is 0.00154. The Kier molecular flexibility index (Phi) is 6.02. The first kappa shape index (κ1) is 17.8. The van der Waals surface area contributed by atoms with Crippen LogP contribution in [0.25, 0.3) is 0 Å². The zero-order valence-corrected chi connectivity index (χ0v) is 14.3. The summed E-state index contributed by atoms with van der Waals surface area (Å²) in [7, 11) is 0. The van der Waals surface area contributed by atoms with Gasteiger partial charge in [-0.15, -0.1) is 0 Å². The molecule has 0 aromatic heterocycles. The van der Waals surface area contributed by atoms with Crippen LogP contribution in [0, 0.1) is 5.41 Å². The van der Waals surface area contributed by atoms with Gasteiger partial charge in [0.2, 0.25) is 5.91 Å². The van der Waals surface area contributed by atoms with Crippen molar-refractivity contribution in [3.8, 4) is 5.75 Å². The molecule has 0 radical (unpaired) electrons. The van der Waals surface area contributed by atoms with Gasteiger partial charge in [-0.05, 0) is 57.9 Å². The van der Waals surface area contributed by atoms with E-state index in [4.69, 9.17) is 4.74 Å².